The Hall–Kier alpha value is -1.15. The van der Waals surface area contributed by atoms with Gasteiger partial charge in [-0.2, -0.15) is 0 Å². The third kappa shape index (κ3) is 1.82. The fourth-order valence-electron chi connectivity index (χ4n) is 6.17. The molecule has 2 fully saturated rings. The lowest BCUT2D eigenvalue weighted by Crippen LogP contribution is -2.49. The van der Waals surface area contributed by atoms with Gasteiger partial charge < -0.3 is 5.11 Å². The predicted molar refractivity (Wildman–Crippen MR) is 91.8 cm³/mol. The summed E-state index contributed by atoms with van der Waals surface area (Å²) in [5, 5.41) is 11.1. The van der Waals surface area contributed by atoms with Crippen molar-refractivity contribution in [3.05, 3.63) is 36.0 Å². The molecule has 0 radical (unpaired) electrons. The minimum Gasteiger partial charge on any atom is -0.385 e. The quantitative estimate of drug-likeness (QED) is 0.731. The highest BCUT2D eigenvalue weighted by molar-refractivity contribution is 5.83. The molecule has 2 heteroatoms. The van der Waals surface area contributed by atoms with Gasteiger partial charge in [-0.25, -0.2) is 0 Å². The first-order valence-electron chi connectivity index (χ1n) is 9.12. The van der Waals surface area contributed by atoms with Gasteiger partial charge >= 0.3 is 0 Å². The summed E-state index contributed by atoms with van der Waals surface area (Å²) in [7, 11) is 0. The van der Waals surface area contributed by atoms with E-state index in [0.29, 0.717) is 24.0 Å². The number of Topliss-reactive ketones (excluding diaryl/α,β-unsaturated/α-hetero) is 1. The van der Waals surface area contributed by atoms with E-state index in [-0.39, 0.29) is 10.8 Å². The Kier molecular flexibility index (Phi) is 3.14. The summed E-state index contributed by atoms with van der Waals surface area (Å²) in [6.45, 7) is 8.53. The standard InChI is InChI=1S/C21H28O2/c1-4-21(23)12-9-18-16-6-5-14-13-15(22)7-10-19(14,2)17(16)8-11-20(18,21)3/h4-5,8,16,18,23H,1,6-7,9-13H2,2-3H3/t16?,18?,19-,20-,21-/m0/s1. The summed E-state index contributed by atoms with van der Waals surface area (Å²) in [4.78, 5) is 11.9. The number of allylic oxidation sites excluding steroid dienone is 4. The molecule has 124 valence electrons. The van der Waals surface area contributed by atoms with Gasteiger partial charge in [0.05, 0.1) is 5.60 Å². The molecule has 0 aromatic carbocycles. The molecule has 0 heterocycles. The third-order valence-corrected chi connectivity index (χ3v) is 7.87. The minimum absolute atomic E-state index is 0.0882. The first kappa shape index (κ1) is 15.4. The molecule has 2 saturated carbocycles. The molecule has 0 aromatic rings. The third-order valence-electron chi connectivity index (χ3n) is 7.87. The van der Waals surface area contributed by atoms with Crippen LogP contribution in [0.4, 0.5) is 0 Å². The number of rotatable bonds is 1. The van der Waals surface area contributed by atoms with Crippen LogP contribution in [0.5, 0.6) is 0 Å². The molecule has 0 amide bonds. The Bertz CT molecular complexity index is 642. The van der Waals surface area contributed by atoms with E-state index in [1.165, 1.54) is 5.57 Å². The van der Waals surface area contributed by atoms with Crippen LogP contribution in [0.3, 0.4) is 0 Å². The Morgan fingerprint density at radius 3 is 2.83 bits per heavy atom. The van der Waals surface area contributed by atoms with Crippen LogP contribution in [0, 0.1) is 22.7 Å². The highest BCUT2D eigenvalue weighted by Crippen LogP contribution is 2.65. The molecule has 1 N–H and O–H groups in total. The van der Waals surface area contributed by atoms with E-state index in [1.54, 1.807) is 11.6 Å². The second-order valence-corrected chi connectivity index (χ2v) is 8.67. The molecule has 23 heavy (non-hydrogen) atoms. The number of aliphatic hydroxyl groups is 1. The summed E-state index contributed by atoms with van der Waals surface area (Å²) >= 11 is 0. The summed E-state index contributed by atoms with van der Waals surface area (Å²) in [5.41, 5.74) is 2.20. The van der Waals surface area contributed by atoms with E-state index >= 15 is 0 Å². The van der Waals surface area contributed by atoms with E-state index in [2.05, 4.69) is 32.6 Å². The zero-order chi connectivity index (χ0) is 16.5. The van der Waals surface area contributed by atoms with Crippen LogP contribution in [-0.2, 0) is 4.79 Å². The summed E-state index contributed by atoms with van der Waals surface area (Å²) < 4.78 is 0. The molecular weight excluding hydrogens is 284 g/mol. The number of fused-ring (bicyclic) bond motifs is 5. The molecule has 0 aliphatic heterocycles. The van der Waals surface area contributed by atoms with Crippen LogP contribution >= 0.6 is 0 Å². The molecule has 5 atom stereocenters. The fraction of sp³-hybridized carbons (Fsp3) is 0.667. The number of carbonyl (C=O) groups excluding carboxylic acids is 1. The second kappa shape index (κ2) is 4.69. The number of hydrogen-bond donors (Lipinski definition) is 1. The first-order valence-corrected chi connectivity index (χ1v) is 9.12. The molecule has 0 bridgehead atoms. The summed E-state index contributed by atoms with van der Waals surface area (Å²) in [6.07, 6.45) is 12.8. The number of hydrogen-bond acceptors (Lipinski definition) is 2. The second-order valence-electron chi connectivity index (χ2n) is 8.67. The van der Waals surface area contributed by atoms with Gasteiger partial charge in [0.15, 0.2) is 0 Å². The number of carbonyl (C=O) groups is 1. The van der Waals surface area contributed by atoms with Gasteiger partial charge in [-0.15, -0.1) is 6.58 Å². The Morgan fingerprint density at radius 2 is 2.09 bits per heavy atom. The zero-order valence-electron chi connectivity index (χ0n) is 14.4. The molecule has 4 aliphatic carbocycles. The van der Waals surface area contributed by atoms with Crippen molar-refractivity contribution >= 4 is 5.78 Å². The largest absolute Gasteiger partial charge is 0.385 e. The van der Waals surface area contributed by atoms with Gasteiger partial charge in [0.25, 0.3) is 0 Å². The van der Waals surface area contributed by atoms with E-state index in [4.69, 9.17) is 0 Å². The van der Waals surface area contributed by atoms with Crippen molar-refractivity contribution in [1.82, 2.24) is 0 Å². The Balaban J connectivity index is 1.76. The lowest BCUT2D eigenvalue weighted by molar-refractivity contribution is -0.120. The maximum Gasteiger partial charge on any atom is 0.137 e. The fourth-order valence-corrected chi connectivity index (χ4v) is 6.17. The van der Waals surface area contributed by atoms with Gasteiger partial charge in [-0.05, 0) is 43.9 Å². The number of ketones is 1. The Morgan fingerprint density at radius 1 is 1.30 bits per heavy atom. The van der Waals surface area contributed by atoms with Gasteiger partial charge in [-0.3, -0.25) is 4.79 Å². The SMILES string of the molecule is C=C[C@]1(O)CCC2C3CC=C4CC(=O)CC[C@]4(C)C3=CC[C@@]21C. The van der Waals surface area contributed by atoms with Crippen molar-refractivity contribution in [3.8, 4) is 0 Å². The maximum atomic E-state index is 11.9. The van der Waals surface area contributed by atoms with Crippen molar-refractivity contribution in [2.24, 2.45) is 22.7 Å². The van der Waals surface area contributed by atoms with Crippen molar-refractivity contribution in [1.29, 1.82) is 0 Å². The van der Waals surface area contributed by atoms with E-state index < -0.39 is 5.60 Å². The van der Waals surface area contributed by atoms with Crippen molar-refractivity contribution in [3.63, 3.8) is 0 Å². The van der Waals surface area contributed by atoms with Gasteiger partial charge in [0.2, 0.25) is 0 Å². The predicted octanol–water partition coefficient (Wildman–Crippen LogP) is 4.36. The van der Waals surface area contributed by atoms with Crippen molar-refractivity contribution in [2.45, 2.75) is 64.4 Å². The normalized spacial score (nSPS) is 48.7. The monoisotopic (exact) mass is 312 g/mol. The first-order chi connectivity index (χ1) is 10.8. The van der Waals surface area contributed by atoms with Crippen LogP contribution < -0.4 is 0 Å². The smallest absolute Gasteiger partial charge is 0.137 e. The molecule has 0 aromatic heterocycles. The van der Waals surface area contributed by atoms with Gasteiger partial charge in [0, 0.05) is 23.7 Å². The molecule has 0 saturated heterocycles. The van der Waals surface area contributed by atoms with E-state index in [0.717, 1.165) is 38.5 Å². The van der Waals surface area contributed by atoms with Crippen LogP contribution in [0.2, 0.25) is 0 Å². The summed E-state index contributed by atoms with van der Waals surface area (Å²) in [5.74, 6) is 1.46. The molecule has 2 unspecified atom stereocenters. The lowest BCUT2D eigenvalue weighted by atomic mass is 9.51. The van der Waals surface area contributed by atoms with Gasteiger partial charge in [-0.1, -0.05) is 43.2 Å². The molecule has 4 aliphatic rings. The molecule has 0 spiro atoms. The maximum absolute atomic E-state index is 11.9. The Labute approximate surface area is 139 Å². The van der Waals surface area contributed by atoms with Crippen LogP contribution in [0.25, 0.3) is 0 Å². The average molecular weight is 312 g/mol. The molecule has 2 nitrogen and oxygen atoms in total. The topological polar surface area (TPSA) is 37.3 Å². The van der Waals surface area contributed by atoms with E-state index in [1.807, 2.05) is 0 Å². The van der Waals surface area contributed by atoms with Crippen LogP contribution in [0.1, 0.15) is 58.8 Å². The zero-order valence-corrected chi connectivity index (χ0v) is 14.4. The van der Waals surface area contributed by atoms with E-state index in [9.17, 15) is 9.90 Å². The van der Waals surface area contributed by atoms with Crippen molar-refractivity contribution in [2.75, 3.05) is 0 Å². The lowest BCUT2D eigenvalue weighted by Gasteiger charge is -2.53. The van der Waals surface area contributed by atoms with Crippen LogP contribution in [0.15, 0.2) is 36.0 Å². The average Bonchev–Trinajstić information content (AvgIpc) is 2.80. The van der Waals surface area contributed by atoms with Crippen molar-refractivity contribution < 1.29 is 9.90 Å². The highest BCUT2D eigenvalue weighted by Gasteiger charge is 2.60. The van der Waals surface area contributed by atoms with Gasteiger partial charge in [0.1, 0.15) is 5.78 Å². The highest BCUT2D eigenvalue weighted by atomic mass is 16.3. The summed E-state index contributed by atoms with van der Waals surface area (Å²) in [6, 6.07) is 0. The minimum atomic E-state index is -0.729. The molecule has 4 rings (SSSR count). The molecular formula is C21H28O2. The van der Waals surface area contributed by atoms with Crippen LogP contribution in [-0.4, -0.2) is 16.5 Å².